The molecule has 1 atom stereocenters. The fourth-order valence-corrected chi connectivity index (χ4v) is 1.17. The molecule has 0 amide bonds. The maximum atomic E-state index is 12.0. The summed E-state index contributed by atoms with van der Waals surface area (Å²) in [5.74, 6) is 0.585. The van der Waals surface area contributed by atoms with E-state index in [-0.39, 0.29) is 0 Å². The van der Waals surface area contributed by atoms with E-state index < -0.39 is 18.6 Å². The number of halogens is 3. The van der Waals surface area contributed by atoms with Crippen LogP contribution in [0.2, 0.25) is 0 Å². The van der Waals surface area contributed by atoms with Crippen LogP contribution in [0, 0.1) is 0 Å². The lowest BCUT2D eigenvalue weighted by molar-refractivity contribution is -0.136. The van der Waals surface area contributed by atoms with E-state index >= 15 is 0 Å². The van der Waals surface area contributed by atoms with Crippen LogP contribution in [0.1, 0.15) is 13.3 Å². The molecule has 0 bridgehead atoms. The van der Waals surface area contributed by atoms with Crippen LogP contribution >= 0.6 is 0 Å². The van der Waals surface area contributed by atoms with Crippen LogP contribution < -0.4 is 5.32 Å². The second kappa shape index (κ2) is 3.89. The molecular weight excluding hydrogens is 195 g/mol. The van der Waals surface area contributed by atoms with E-state index in [1.54, 1.807) is 13.1 Å². The van der Waals surface area contributed by atoms with Crippen LogP contribution in [0.25, 0.3) is 0 Å². The van der Waals surface area contributed by atoms with Crippen molar-refractivity contribution < 1.29 is 13.2 Å². The summed E-state index contributed by atoms with van der Waals surface area (Å²) in [5, 5.41) is 6.57. The first kappa shape index (κ1) is 10.9. The van der Waals surface area contributed by atoms with Gasteiger partial charge in [0.25, 0.3) is 0 Å². The molecule has 3 nitrogen and oxygen atoms in total. The van der Waals surface area contributed by atoms with Gasteiger partial charge in [-0.15, -0.1) is 0 Å². The Balaban J connectivity index is 2.50. The standard InChI is InChI=1S/C8H12F3N3/c1-6(5-8(9,10)11)13-7-3-4-12-14(7)2/h3-4,6,13H,5H2,1-2H3. The smallest absolute Gasteiger partial charge is 0.367 e. The monoisotopic (exact) mass is 207 g/mol. The fourth-order valence-electron chi connectivity index (χ4n) is 1.17. The summed E-state index contributed by atoms with van der Waals surface area (Å²) in [6, 6.07) is 0.984. The highest BCUT2D eigenvalue weighted by molar-refractivity contribution is 5.34. The number of hydrogen-bond donors (Lipinski definition) is 1. The van der Waals surface area contributed by atoms with E-state index in [1.807, 2.05) is 0 Å². The molecule has 0 radical (unpaired) electrons. The number of nitrogens with one attached hydrogen (secondary N) is 1. The lowest BCUT2D eigenvalue weighted by Gasteiger charge is -2.16. The van der Waals surface area contributed by atoms with Crippen molar-refractivity contribution in [2.75, 3.05) is 5.32 Å². The Hall–Kier alpha value is -1.20. The number of anilines is 1. The van der Waals surface area contributed by atoms with E-state index in [2.05, 4.69) is 10.4 Å². The van der Waals surface area contributed by atoms with Gasteiger partial charge in [-0.1, -0.05) is 0 Å². The first-order chi connectivity index (χ1) is 6.38. The molecule has 1 aromatic rings. The van der Waals surface area contributed by atoms with Crippen molar-refractivity contribution in [1.82, 2.24) is 9.78 Å². The number of aryl methyl sites for hydroxylation is 1. The summed E-state index contributed by atoms with van der Waals surface area (Å²) in [6.45, 7) is 1.49. The van der Waals surface area contributed by atoms with E-state index in [4.69, 9.17) is 0 Å². The van der Waals surface area contributed by atoms with Gasteiger partial charge in [0, 0.05) is 19.2 Å². The minimum absolute atomic E-state index is 0.585. The Bertz CT molecular complexity index is 292. The molecule has 1 N–H and O–H groups in total. The van der Waals surface area contributed by atoms with Crippen molar-refractivity contribution in [3.05, 3.63) is 12.3 Å². The molecule has 80 valence electrons. The predicted molar refractivity (Wildman–Crippen MR) is 47.0 cm³/mol. The number of aromatic nitrogens is 2. The summed E-state index contributed by atoms with van der Waals surface area (Å²) in [7, 11) is 1.67. The highest BCUT2D eigenvalue weighted by Gasteiger charge is 2.30. The van der Waals surface area contributed by atoms with Gasteiger partial charge in [-0.3, -0.25) is 4.68 Å². The van der Waals surface area contributed by atoms with Crippen LogP contribution in [0.4, 0.5) is 19.0 Å². The zero-order chi connectivity index (χ0) is 10.8. The van der Waals surface area contributed by atoms with Crippen molar-refractivity contribution in [1.29, 1.82) is 0 Å². The van der Waals surface area contributed by atoms with Crippen molar-refractivity contribution in [2.24, 2.45) is 7.05 Å². The topological polar surface area (TPSA) is 29.9 Å². The normalized spacial score (nSPS) is 14.1. The maximum absolute atomic E-state index is 12.0. The summed E-state index contributed by atoms with van der Waals surface area (Å²) in [6.07, 6.45) is -3.45. The zero-order valence-corrected chi connectivity index (χ0v) is 7.97. The van der Waals surface area contributed by atoms with Crippen LogP contribution in [0.3, 0.4) is 0 Å². The van der Waals surface area contributed by atoms with E-state index in [0.29, 0.717) is 5.82 Å². The molecule has 0 saturated heterocycles. The lowest BCUT2D eigenvalue weighted by Crippen LogP contribution is -2.24. The molecular formula is C8H12F3N3. The molecule has 0 spiro atoms. The van der Waals surface area contributed by atoms with Crippen LogP contribution in [-0.4, -0.2) is 22.0 Å². The molecule has 6 heteroatoms. The largest absolute Gasteiger partial charge is 0.391 e. The van der Waals surface area contributed by atoms with E-state index in [1.165, 1.54) is 17.8 Å². The Morgan fingerprint density at radius 2 is 2.21 bits per heavy atom. The van der Waals surface area contributed by atoms with Crippen LogP contribution in [-0.2, 0) is 7.05 Å². The Morgan fingerprint density at radius 1 is 1.57 bits per heavy atom. The second-order valence-electron chi connectivity index (χ2n) is 3.20. The number of alkyl halides is 3. The van der Waals surface area contributed by atoms with Crippen molar-refractivity contribution in [3.63, 3.8) is 0 Å². The Labute approximate surface area is 79.9 Å². The first-order valence-electron chi connectivity index (χ1n) is 4.20. The lowest BCUT2D eigenvalue weighted by atomic mass is 10.2. The van der Waals surface area contributed by atoms with E-state index in [0.717, 1.165) is 0 Å². The van der Waals surface area contributed by atoms with E-state index in [9.17, 15) is 13.2 Å². The van der Waals surface area contributed by atoms with Crippen LogP contribution in [0.15, 0.2) is 12.3 Å². The third-order valence-electron chi connectivity index (χ3n) is 1.75. The molecule has 14 heavy (non-hydrogen) atoms. The minimum Gasteiger partial charge on any atom is -0.367 e. The van der Waals surface area contributed by atoms with Gasteiger partial charge in [0.05, 0.1) is 12.6 Å². The fraction of sp³-hybridized carbons (Fsp3) is 0.625. The first-order valence-corrected chi connectivity index (χ1v) is 4.20. The zero-order valence-electron chi connectivity index (χ0n) is 7.97. The maximum Gasteiger partial charge on any atom is 0.391 e. The number of hydrogen-bond acceptors (Lipinski definition) is 2. The van der Waals surface area contributed by atoms with Crippen molar-refractivity contribution >= 4 is 5.82 Å². The number of rotatable bonds is 3. The SMILES string of the molecule is CC(CC(F)(F)F)Nc1ccnn1C. The Morgan fingerprint density at radius 3 is 2.64 bits per heavy atom. The average molecular weight is 207 g/mol. The number of nitrogens with zero attached hydrogens (tertiary/aromatic N) is 2. The quantitative estimate of drug-likeness (QED) is 0.823. The highest BCUT2D eigenvalue weighted by Crippen LogP contribution is 2.22. The molecule has 0 saturated carbocycles. The molecule has 0 aliphatic heterocycles. The molecule has 1 aromatic heterocycles. The van der Waals surface area contributed by atoms with Crippen LogP contribution in [0.5, 0.6) is 0 Å². The van der Waals surface area contributed by atoms with Gasteiger partial charge in [-0.25, -0.2) is 0 Å². The predicted octanol–water partition coefficient (Wildman–Crippen LogP) is 2.17. The van der Waals surface area contributed by atoms with Gasteiger partial charge in [0.2, 0.25) is 0 Å². The van der Waals surface area contributed by atoms with Gasteiger partial charge >= 0.3 is 6.18 Å². The summed E-state index contributed by atoms with van der Waals surface area (Å²) >= 11 is 0. The molecule has 0 fully saturated rings. The average Bonchev–Trinajstić information content (AvgIpc) is 2.32. The van der Waals surface area contributed by atoms with Gasteiger partial charge in [-0.2, -0.15) is 18.3 Å². The molecule has 1 heterocycles. The summed E-state index contributed by atoms with van der Waals surface area (Å²) in [4.78, 5) is 0. The Kier molecular flexibility index (Phi) is 3.03. The van der Waals surface area contributed by atoms with Crippen molar-refractivity contribution in [2.45, 2.75) is 25.6 Å². The molecule has 0 aliphatic rings. The summed E-state index contributed by atoms with van der Waals surface area (Å²) in [5.41, 5.74) is 0. The minimum atomic E-state index is -4.13. The highest BCUT2D eigenvalue weighted by atomic mass is 19.4. The van der Waals surface area contributed by atoms with Gasteiger partial charge in [0.15, 0.2) is 0 Å². The second-order valence-corrected chi connectivity index (χ2v) is 3.20. The third kappa shape index (κ3) is 3.27. The van der Waals surface area contributed by atoms with Gasteiger partial charge in [-0.05, 0) is 6.92 Å². The van der Waals surface area contributed by atoms with Gasteiger partial charge < -0.3 is 5.32 Å². The molecule has 1 unspecified atom stereocenters. The molecule has 1 rings (SSSR count). The third-order valence-corrected chi connectivity index (χ3v) is 1.75. The molecule has 0 aromatic carbocycles. The summed E-state index contributed by atoms with van der Waals surface area (Å²) < 4.78 is 37.4. The molecule has 0 aliphatic carbocycles. The van der Waals surface area contributed by atoms with Crippen molar-refractivity contribution in [3.8, 4) is 0 Å². The van der Waals surface area contributed by atoms with Gasteiger partial charge in [0.1, 0.15) is 5.82 Å².